The zero-order valence-electron chi connectivity index (χ0n) is 13.2. The smallest absolute Gasteiger partial charge is 0.0519 e. The number of thiophene rings is 1. The fourth-order valence-electron chi connectivity index (χ4n) is 2.70. The predicted octanol–water partition coefficient (Wildman–Crippen LogP) is 5.84. The van der Waals surface area contributed by atoms with Crippen molar-refractivity contribution in [3.8, 4) is 0 Å². The van der Waals surface area contributed by atoms with Gasteiger partial charge in [0.2, 0.25) is 0 Å². The van der Waals surface area contributed by atoms with Crippen LogP contribution in [0.1, 0.15) is 48.6 Å². The van der Waals surface area contributed by atoms with E-state index in [9.17, 15) is 0 Å². The molecule has 0 aliphatic rings. The zero-order chi connectivity index (χ0) is 15.5. The number of benzene rings is 1. The van der Waals surface area contributed by atoms with E-state index in [1.165, 1.54) is 19.8 Å². The van der Waals surface area contributed by atoms with Gasteiger partial charge in [-0.15, -0.1) is 11.3 Å². The van der Waals surface area contributed by atoms with Crippen molar-refractivity contribution < 1.29 is 0 Å². The van der Waals surface area contributed by atoms with E-state index in [0.717, 1.165) is 13.0 Å². The fourth-order valence-corrected chi connectivity index (χ4v) is 4.84. The van der Waals surface area contributed by atoms with Crippen LogP contribution in [0.3, 0.4) is 0 Å². The lowest BCUT2D eigenvalue weighted by Crippen LogP contribution is -2.37. The number of rotatable bonds is 6. The monoisotopic (exact) mass is 365 g/mol. The molecule has 21 heavy (non-hydrogen) atoms. The van der Waals surface area contributed by atoms with E-state index in [4.69, 9.17) is 0 Å². The van der Waals surface area contributed by atoms with E-state index in [0.29, 0.717) is 6.04 Å². The molecule has 1 N–H and O–H groups in total. The molecule has 3 heteroatoms. The van der Waals surface area contributed by atoms with Crippen molar-refractivity contribution in [3.63, 3.8) is 0 Å². The van der Waals surface area contributed by atoms with Crippen LogP contribution >= 0.6 is 27.3 Å². The van der Waals surface area contributed by atoms with Gasteiger partial charge in [0.25, 0.3) is 0 Å². The summed E-state index contributed by atoms with van der Waals surface area (Å²) in [5.41, 5.74) is 1.41. The Labute approximate surface area is 140 Å². The second-order valence-corrected chi connectivity index (χ2v) is 8.19. The van der Waals surface area contributed by atoms with Gasteiger partial charge in [-0.25, -0.2) is 0 Å². The Bertz CT molecular complexity index is 574. The summed E-state index contributed by atoms with van der Waals surface area (Å²) in [6.45, 7) is 10.1. The van der Waals surface area contributed by atoms with Crippen molar-refractivity contribution in [1.82, 2.24) is 5.32 Å². The molecule has 0 amide bonds. The van der Waals surface area contributed by atoms with Gasteiger partial charge in [0.05, 0.1) is 6.04 Å². The van der Waals surface area contributed by atoms with E-state index >= 15 is 0 Å². The first-order valence-corrected chi connectivity index (χ1v) is 9.12. The van der Waals surface area contributed by atoms with Gasteiger partial charge in [-0.05, 0) is 47.4 Å². The maximum absolute atomic E-state index is 3.76. The summed E-state index contributed by atoms with van der Waals surface area (Å²) in [6, 6.07) is 13.3. The highest BCUT2D eigenvalue weighted by molar-refractivity contribution is 9.10. The van der Waals surface area contributed by atoms with Crippen molar-refractivity contribution in [2.75, 3.05) is 6.54 Å². The van der Waals surface area contributed by atoms with Crippen molar-refractivity contribution in [3.05, 3.63) is 56.2 Å². The third-order valence-corrected chi connectivity index (χ3v) is 5.97. The van der Waals surface area contributed by atoms with E-state index in [1.54, 1.807) is 0 Å². The Balaban J connectivity index is 2.42. The lowest BCUT2D eigenvalue weighted by Gasteiger charge is -2.35. The minimum absolute atomic E-state index is 0.0379. The average Bonchev–Trinajstić information content (AvgIpc) is 2.79. The molecule has 114 valence electrons. The highest BCUT2D eigenvalue weighted by Gasteiger charge is 2.34. The average molecular weight is 366 g/mol. The molecule has 0 spiro atoms. The lowest BCUT2D eigenvalue weighted by molar-refractivity contribution is 0.352. The van der Waals surface area contributed by atoms with Gasteiger partial charge < -0.3 is 5.32 Å². The minimum atomic E-state index is 0.0379. The quantitative estimate of drug-likeness (QED) is 0.677. The molecule has 1 nitrogen and oxygen atoms in total. The van der Waals surface area contributed by atoms with Crippen LogP contribution in [-0.2, 0) is 5.41 Å². The summed E-state index contributed by atoms with van der Waals surface area (Å²) in [4.78, 5) is 2.75. The minimum Gasteiger partial charge on any atom is -0.309 e. The van der Waals surface area contributed by atoms with Crippen LogP contribution in [0.2, 0.25) is 0 Å². The van der Waals surface area contributed by atoms with E-state index in [-0.39, 0.29) is 5.41 Å². The summed E-state index contributed by atoms with van der Waals surface area (Å²) in [5, 5.41) is 3.76. The molecule has 1 aromatic heterocycles. The van der Waals surface area contributed by atoms with Gasteiger partial charge in [0.1, 0.15) is 0 Å². The topological polar surface area (TPSA) is 12.0 Å². The van der Waals surface area contributed by atoms with Crippen LogP contribution in [-0.4, -0.2) is 6.54 Å². The van der Waals surface area contributed by atoms with Crippen LogP contribution < -0.4 is 5.32 Å². The molecule has 0 aliphatic heterocycles. The maximum Gasteiger partial charge on any atom is 0.0519 e. The van der Waals surface area contributed by atoms with E-state index in [2.05, 4.69) is 85.3 Å². The summed E-state index contributed by atoms with van der Waals surface area (Å²) in [6.07, 6.45) is 1.14. The van der Waals surface area contributed by atoms with Crippen molar-refractivity contribution >= 4 is 27.3 Å². The standard InChI is InChI=1S/C18H24BrNS/c1-5-11-20-17(16-15(19)12-13(2)21-16)18(3,4)14-9-7-6-8-10-14/h6-10,12,17,20H,5,11H2,1-4H3. The Kier molecular flexibility index (Phi) is 5.64. The second-order valence-electron chi connectivity index (χ2n) is 6.04. The van der Waals surface area contributed by atoms with Crippen molar-refractivity contribution in [2.45, 2.75) is 45.6 Å². The highest BCUT2D eigenvalue weighted by atomic mass is 79.9. The zero-order valence-corrected chi connectivity index (χ0v) is 15.6. The first kappa shape index (κ1) is 16.7. The molecule has 0 bridgehead atoms. The van der Waals surface area contributed by atoms with Gasteiger partial charge in [-0.1, -0.05) is 51.1 Å². The van der Waals surface area contributed by atoms with E-state index < -0.39 is 0 Å². The molecule has 0 radical (unpaired) electrons. The summed E-state index contributed by atoms with van der Waals surface area (Å²) >= 11 is 5.63. The maximum atomic E-state index is 3.76. The van der Waals surface area contributed by atoms with Crippen LogP contribution in [0.15, 0.2) is 40.9 Å². The first-order valence-electron chi connectivity index (χ1n) is 7.51. The van der Waals surface area contributed by atoms with Crippen LogP contribution in [0.5, 0.6) is 0 Å². The molecule has 1 atom stereocenters. The molecule has 2 rings (SSSR count). The summed E-state index contributed by atoms with van der Waals surface area (Å²) in [7, 11) is 0. The third-order valence-electron chi connectivity index (χ3n) is 3.94. The normalized spacial score (nSPS) is 13.4. The number of hydrogen-bond donors (Lipinski definition) is 1. The lowest BCUT2D eigenvalue weighted by atomic mass is 9.77. The molecular formula is C18H24BrNS. The summed E-state index contributed by atoms with van der Waals surface area (Å²) in [5.74, 6) is 0. The Hall–Kier alpha value is -0.640. The van der Waals surface area contributed by atoms with Crippen molar-refractivity contribution in [2.24, 2.45) is 0 Å². The highest BCUT2D eigenvalue weighted by Crippen LogP contribution is 2.43. The van der Waals surface area contributed by atoms with E-state index in [1.807, 2.05) is 11.3 Å². The largest absolute Gasteiger partial charge is 0.309 e. The van der Waals surface area contributed by atoms with Crippen LogP contribution in [0.4, 0.5) is 0 Å². The molecular weight excluding hydrogens is 342 g/mol. The third kappa shape index (κ3) is 3.77. The van der Waals surface area contributed by atoms with Gasteiger partial charge in [0, 0.05) is 19.6 Å². The molecule has 2 aromatic rings. The number of hydrogen-bond acceptors (Lipinski definition) is 2. The molecule has 0 aliphatic carbocycles. The molecule has 0 saturated carbocycles. The van der Waals surface area contributed by atoms with Gasteiger partial charge in [-0.2, -0.15) is 0 Å². The molecule has 0 fully saturated rings. The fraction of sp³-hybridized carbons (Fsp3) is 0.444. The molecule has 1 heterocycles. The SMILES string of the molecule is CCCNC(c1sc(C)cc1Br)C(C)(C)c1ccccc1. The number of nitrogens with one attached hydrogen (secondary N) is 1. The Morgan fingerprint density at radius 2 is 1.90 bits per heavy atom. The Morgan fingerprint density at radius 1 is 1.24 bits per heavy atom. The van der Waals surface area contributed by atoms with Gasteiger partial charge >= 0.3 is 0 Å². The van der Waals surface area contributed by atoms with Crippen LogP contribution in [0, 0.1) is 6.92 Å². The predicted molar refractivity (Wildman–Crippen MR) is 97.3 cm³/mol. The second kappa shape index (κ2) is 7.08. The summed E-state index contributed by atoms with van der Waals surface area (Å²) < 4.78 is 1.22. The van der Waals surface area contributed by atoms with Crippen molar-refractivity contribution in [1.29, 1.82) is 0 Å². The molecule has 1 unspecified atom stereocenters. The Morgan fingerprint density at radius 3 is 2.43 bits per heavy atom. The molecule has 1 aromatic carbocycles. The molecule has 0 saturated heterocycles. The van der Waals surface area contributed by atoms with Gasteiger partial charge in [0.15, 0.2) is 0 Å². The first-order chi connectivity index (χ1) is 9.96. The van der Waals surface area contributed by atoms with Crippen LogP contribution in [0.25, 0.3) is 0 Å². The number of halogens is 1. The number of aryl methyl sites for hydroxylation is 1. The van der Waals surface area contributed by atoms with Gasteiger partial charge in [-0.3, -0.25) is 0 Å².